The summed E-state index contributed by atoms with van der Waals surface area (Å²) < 4.78 is 91.2. The van der Waals surface area contributed by atoms with E-state index in [9.17, 15) is 26.3 Å². The lowest BCUT2D eigenvalue weighted by atomic mass is 10.1. The van der Waals surface area contributed by atoms with Crippen LogP contribution in [-0.4, -0.2) is 51.4 Å². The van der Waals surface area contributed by atoms with Gasteiger partial charge in [-0.25, -0.2) is 0 Å². The number of hydrogen-bond acceptors (Lipinski definition) is 4. The Morgan fingerprint density at radius 1 is 0.875 bits per heavy atom. The molecule has 144 valence electrons. The Bertz CT molecular complexity index is 334. The van der Waals surface area contributed by atoms with E-state index < -0.39 is 38.0 Å². The van der Waals surface area contributed by atoms with Crippen LogP contribution < -0.4 is 0 Å². The van der Waals surface area contributed by atoms with Gasteiger partial charge in [-0.3, -0.25) is 0 Å². The fourth-order valence-corrected chi connectivity index (χ4v) is 2.03. The molecule has 2 unspecified atom stereocenters. The molecule has 1 fully saturated rings. The molecule has 0 spiro atoms. The van der Waals surface area contributed by atoms with Gasteiger partial charge in [0, 0.05) is 13.0 Å². The van der Waals surface area contributed by atoms with Gasteiger partial charge in [-0.2, -0.15) is 26.3 Å². The highest BCUT2D eigenvalue weighted by atomic mass is 19.4. The minimum atomic E-state index is -4.44. The predicted molar refractivity (Wildman–Crippen MR) is 71.2 cm³/mol. The molecule has 1 rings (SSSR count). The lowest BCUT2D eigenvalue weighted by Gasteiger charge is -2.13. The van der Waals surface area contributed by atoms with Gasteiger partial charge in [-0.1, -0.05) is 19.3 Å². The van der Waals surface area contributed by atoms with Crippen LogP contribution in [-0.2, 0) is 18.9 Å². The van der Waals surface area contributed by atoms with Crippen LogP contribution in [0.15, 0.2) is 0 Å². The summed E-state index contributed by atoms with van der Waals surface area (Å²) in [5, 5.41) is 0. The molecule has 0 saturated carbocycles. The highest BCUT2D eigenvalue weighted by molar-refractivity contribution is 4.61. The van der Waals surface area contributed by atoms with Crippen molar-refractivity contribution in [2.45, 2.75) is 63.5 Å². The van der Waals surface area contributed by atoms with Gasteiger partial charge >= 0.3 is 12.4 Å². The number of hydrogen-bond donors (Lipinski definition) is 0. The van der Waals surface area contributed by atoms with Gasteiger partial charge in [0.15, 0.2) is 0 Å². The van der Waals surface area contributed by atoms with Crippen molar-refractivity contribution in [1.29, 1.82) is 0 Å². The lowest BCUT2D eigenvalue weighted by Crippen LogP contribution is -2.25. The SMILES string of the molecule is FC(F)(F)CCCCCCCOCC1COC(OCC(F)(F)F)O1. The minimum Gasteiger partial charge on any atom is -0.379 e. The van der Waals surface area contributed by atoms with Crippen LogP contribution >= 0.6 is 0 Å². The highest BCUT2D eigenvalue weighted by Gasteiger charge is 2.33. The summed E-state index contributed by atoms with van der Waals surface area (Å²) in [6.07, 6.45) is -6.94. The van der Waals surface area contributed by atoms with Crippen LogP contribution in [0, 0.1) is 0 Å². The van der Waals surface area contributed by atoms with Gasteiger partial charge in [0.25, 0.3) is 6.48 Å². The molecule has 1 aliphatic rings. The first-order valence-electron chi connectivity index (χ1n) is 7.76. The predicted octanol–water partition coefficient (Wildman–Crippen LogP) is 4.18. The quantitative estimate of drug-likeness (QED) is 0.405. The Kier molecular flexibility index (Phi) is 9.32. The van der Waals surface area contributed by atoms with Crippen molar-refractivity contribution in [3.8, 4) is 0 Å². The first-order valence-corrected chi connectivity index (χ1v) is 7.76. The molecule has 0 bridgehead atoms. The molecule has 1 aliphatic heterocycles. The van der Waals surface area contributed by atoms with Crippen molar-refractivity contribution < 1.29 is 45.3 Å². The molecule has 0 aromatic rings. The summed E-state index contributed by atoms with van der Waals surface area (Å²) in [7, 11) is 0. The molecule has 0 aliphatic carbocycles. The second-order valence-corrected chi connectivity index (χ2v) is 5.51. The van der Waals surface area contributed by atoms with Gasteiger partial charge in [0.1, 0.15) is 12.7 Å². The molecule has 24 heavy (non-hydrogen) atoms. The molecule has 0 amide bonds. The Labute approximate surface area is 136 Å². The normalized spacial score (nSPS) is 22.2. The second kappa shape index (κ2) is 10.4. The number of rotatable bonds is 11. The zero-order valence-corrected chi connectivity index (χ0v) is 13.1. The third-order valence-electron chi connectivity index (χ3n) is 3.16. The third-order valence-corrected chi connectivity index (χ3v) is 3.16. The van der Waals surface area contributed by atoms with Gasteiger partial charge in [-0.05, 0) is 12.8 Å². The maximum atomic E-state index is 11.9. The monoisotopic (exact) mass is 368 g/mol. The number of unbranched alkanes of at least 4 members (excludes halogenated alkanes) is 4. The Morgan fingerprint density at radius 3 is 2.21 bits per heavy atom. The molecular formula is C14H22F6O4. The van der Waals surface area contributed by atoms with E-state index in [1.807, 2.05) is 0 Å². The number of alkyl halides is 6. The smallest absolute Gasteiger partial charge is 0.379 e. The van der Waals surface area contributed by atoms with Crippen LogP contribution in [0.25, 0.3) is 0 Å². The maximum Gasteiger partial charge on any atom is 0.411 e. The van der Waals surface area contributed by atoms with Crippen molar-refractivity contribution in [1.82, 2.24) is 0 Å². The summed E-state index contributed by atoms with van der Waals surface area (Å²) in [5.41, 5.74) is 0. The van der Waals surface area contributed by atoms with Crippen molar-refractivity contribution in [2.75, 3.05) is 26.4 Å². The van der Waals surface area contributed by atoms with E-state index in [0.29, 0.717) is 25.9 Å². The van der Waals surface area contributed by atoms with E-state index in [-0.39, 0.29) is 19.6 Å². The lowest BCUT2D eigenvalue weighted by molar-refractivity contribution is -0.283. The fraction of sp³-hybridized carbons (Fsp3) is 1.00. The van der Waals surface area contributed by atoms with E-state index in [2.05, 4.69) is 4.74 Å². The molecule has 10 heteroatoms. The van der Waals surface area contributed by atoms with Crippen LogP contribution in [0.3, 0.4) is 0 Å². The summed E-state index contributed by atoms with van der Waals surface area (Å²) in [4.78, 5) is 0. The molecule has 0 radical (unpaired) electrons. The van der Waals surface area contributed by atoms with Gasteiger partial charge in [0.05, 0.1) is 13.2 Å². The van der Waals surface area contributed by atoms with E-state index in [1.54, 1.807) is 0 Å². The highest BCUT2D eigenvalue weighted by Crippen LogP contribution is 2.23. The van der Waals surface area contributed by atoms with Crippen LogP contribution in [0.4, 0.5) is 26.3 Å². The molecule has 2 atom stereocenters. The third kappa shape index (κ3) is 11.9. The summed E-state index contributed by atoms with van der Waals surface area (Å²) >= 11 is 0. The summed E-state index contributed by atoms with van der Waals surface area (Å²) in [6, 6.07) is 0. The largest absolute Gasteiger partial charge is 0.411 e. The van der Waals surface area contributed by atoms with Gasteiger partial charge in [0.2, 0.25) is 0 Å². The Hall–Kier alpha value is -0.580. The second-order valence-electron chi connectivity index (χ2n) is 5.51. The van der Waals surface area contributed by atoms with Crippen LogP contribution in [0.5, 0.6) is 0 Å². The summed E-state index contributed by atoms with van der Waals surface area (Å²) in [6.45, 7) is -2.12. The minimum absolute atomic E-state index is 0.0833. The average molecular weight is 368 g/mol. The molecule has 0 aromatic heterocycles. The molecule has 0 aromatic carbocycles. The van der Waals surface area contributed by atoms with Gasteiger partial charge < -0.3 is 18.9 Å². The average Bonchev–Trinajstić information content (AvgIpc) is 2.89. The van der Waals surface area contributed by atoms with E-state index in [0.717, 1.165) is 6.42 Å². The fourth-order valence-electron chi connectivity index (χ4n) is 2.03. The molecule has 0 N–H and O–H groups in total. The van der Waals surface area contributed by atoms with Crippen molar-refractivity contribution in [3.63, 3.8) is 0 Å². The van der Waals surface area contributed by atoms with E-state index in [1.165, 1.54) is 0 Å². The van der Waals surface area contributed by atoms with Crippen molar-refractivity contribution in [3.05, 3.63) is 0 Å². The first-order chi connectivity index (χ1) is 11.2. The van der Waals surface area contributed by atoms with E-state index in [4.69, 9.17) is 14.2 Å². The first kappa shape index (κ1) is 21.5. The molecule has 1 saturated heterocycles. The van der Waals surface area contributed by atoms with Gasteiger partial charge in [-0.15, -0.1) is 0 Å². The number of ether oxygens (including phenoxy) is 4. The van der Waals surface area contributed by atoms with Crippen LogP contribution in [0.2, 0.25) is 0 Å². The zero-order chi connectivity index (χ0) is 18.1. The Morgan fingerprint density at radius 2 is 1.54 bits per heavy atom. The van der Waals surface area contributed by atoms with Crippen molar-refractivity contribution >= 4 is 0 Å². The maximum absolute atomic E-state index is 11.9. The van der Waals surface area contributed by atoms with Crippen LogP contribution in [0.1, 0.15) is 38.5 Å². The Balaban J connectivity index is 1.90. The standard InChI is InChI=1S/C14H22F6O4/c15-13(16,17)6-4-2-1-3-5-7-21-8-11-9-22-12(24-11)23-10-14(18,19)20/h11-12H,1-10H2. The molecular weight excluding hydrogens is 346 g/mol. The molecule has 1 heterocycles. The molecule has 4 nitrogen and oxygen atoms in total. The van der Waals surface area contributed by atoms with E-state index >= 15 is 0 Å². The summed E-state index contributed by atoms with van der Waals surface area (Å²) in [5.74, 6) is 0. The van der Waals surface area contributed by atoms with Crippen molar-refractivity contribution in [2.24, 2.45) is 0 Å². The zero-order valence-electron chi connectivity index (χ0n) is 13.1. The topological polar surface area (TPSA) is 36.9 Å². The number of halogens is 6.